The zero-order chi connectivity index (χ0) is 19.4. The average Bonchev–Trinajstić information content (AvgIpc) is 3.34. The number of benzene rings is 1. The second-order valence-corrected chi connectivity index (χ2v) is 7.88. The molecule has 1 fully saturated rings. The molecule has 3 rings (SSSR count). The summed E-state index contributed by atoms with van der Waals surface area (Å²) in [6.45, 7) is 3.73. The van der Waals surface area contributed by atoms with Gasteiger partial charge in [0.1, 0.15) is 11.0 Å². The van der Waals surface area contributed by atoms with Gasteiger partial charge in [0, 0.05) is 11.6 Å². The molecule has 0 aliphatic heterocycles. The first kappa shape index (κ1) is 19.1. The highest BCUT2D eigenvalue weighted by Gasteiger charge is 2.28. The fourth-order valence-electron chi connectivity index (χ4n) is 2.61. The topological polar surface area (TPSA) is 87.3 Å². The first-order valence-corrected chi connectivity index (χ1v) is 9.89. The third-order valence-electron chi connectivity index (χ3n) is 4.33. The first-order valence-electron chi connectivity index (χ1n) is 9.01. The van der Waals surface area contributed by atoms with Crippen LogP contribution in [0.5, 0.6) is 0 Å². The summed E-state index contributed by atoms with van der Waals surface area (Å²) in [6.07, 6.45) is 2.00. The fourth-order valence-corrected chi connectivity index (χ4v) is 3.40. The maximum Gasteiger partial charge on any atom is 0.254 e. The van der Waals surface area contributed by atoms with Crippen molar-refractivity contribution in [3.63, 3.8) is 0 Å². The Morgan fingerprint density at radius 1 is 1.04 bits per heavy atom. The molecule has 1 aliphatic carbocycles. The number of rotatable bonds is 7. The van der Waals surface area contributed by atoms with Gasteiger partial charge in [-0.1, -0.05) is 32.0 Å². The zero-order valence-corrected chi connectivity index (χ0v) is 16.1. The molecule has 2 aromatic rings. The summed E-state index contributed by atoms with van der Waals surface area (Å²) < 4.78 is 0. The van der Waals surface area contributed by atoms with Gasteiger partial charge in [-0.15, -0.1) is 11.3 Å². The zero-order valence-electron chi connectivity index (χ0n) is 15.3. The van der Waals surface area contributed by atoms with E-state index in [9.17, 15) is 14.4 Å². The number of carbonyl (C=O) groups is 3. The summed E-state index contributed by atoms with van der Waals surface area (Å²) in [5, 5.41) is 10.8. The maximum absolute atomic E-state index is 12.8. The molecule has 1 heterocycles. The molecular weight excluding hydrogens is 362 g/mol. The molecule has 3 N–H and O–H groups in total. The van der Waals surface area contributed by atoms with Crippen LogP contribution in [0.1, 0.15) is 47.4 Å². The van der Waals surface area contributed by atoms with Crippen LogP contribution in [0.3, 0.4) is 0 Å². The summed E-state index contributed by atoms with van der Waals surface area (Å²) in [7, 11) is 0. The normalized spacial score (nSPS) is 14.5. The Hall–Kier alpha value is -2.67. The van der Waals surface area contributed by atoms with Crippen molar-refractivity contribution < 1.29 is 14.4 Å². The van der Waals surface area contributed by atoms with E-state index in [-0.39, 0.29) is 29.7 Å². The Labute approximate surface area is 162 Å². The van der Waals surface area contributed by atoms with Crippen molar-refractivity contribution in [2.45, 2.75) is 38.8 Å². The summed E-state index contributed by atoms with van der Waals surface area (Å²) >= 11 is 1.29. The van der Waals surface area contributed by atoms with Gasteiger partial charge in [-0.3, -0.25) is 14.4 Å². The molecule has 0 saturated heterocycles. The van der Waals surface area contributed by atoms with Crippen molar-refractivity contribution in [3.8, 4) is 0 Å². The van der Waals surface area contributed by atoms with Crippen LogP contribution in [-0.2, 0) is 4.79 Å². The molecule has 0 bridgehead atoms. The molecule has 1 atom stereocenters. The van der Waals surface area contributed by atoms with Gasteiger partial charge in [0.05, 0.1) is 5.56 Å². The van der Waals surface area contributed by atoms with E-state index in [0.717, 1.165) is 12.8 Å². The number of amides is 3. The molecule has 142 valence electrons. The lowest BCUT2D eigenvalue weighted by Crippen LogP contribution is -2.47. The number of hydrogen-bond acceptors (Lipinski definition) is 4. The predicted molar refractivity (Wildman–Crippen MR) is 106 cm³/mol. The molecule has 0 spiro atoms. The number of hydrogen-bond donors (Lipinski definition) is 3. The number of carbonyl (C=O) groups excluding carboxylic acids is 3. The van der Waals surface area contributed by atoms with Crippen LogP contribution in [0.25, 0.3) is 0 Å². The van der Waals surface area contributed by atoms with Crippen molar-refractivity contribution in [2.24, 2.45) is 5.92 Å². The Morgan fingerprint density at radius 2 is 1.74 bits per heavy atom. The average molecular weight is 385 g/mol. The molecule has 1 aliphatic rings. The Kier molecular flexibility index (Phi) is 5.91. The second-order valence-electron chi connectivity index (χ2n) is 6.96. The Balaban J connectivity index is 1.68. The Morgan fingerprint density at radius 3 is 2.37 bits per heavy atom. The molecule has 1 aromatic carbocycles. The van der Waals surface area contributed by atoms with Gasteiger partial charge in [0.15, 0.2) is 0 Å². The maximum atomic E-state index is 12.8. The standard InChI is InChI=1S/C20H23N3O3S/c1-12(2)16(22-17(24)13-6-4-3-5-7-13)19(26)23-20-15(10-11-27-20)18(25)21-14-8-9-14/h3-7,10-12,14,16H,8-9H2,1-2H3,(H,21,25)(H,22,24)(H,23,26). The van der Waals surface area contributed by atoms with E-state index in [0.29, 0.717) is 16.1 Å². The van der Waals surface area contributed by atoms with Gasteiger partial charge in [0.25, 0.3) is 11.8 Å². The van der Waals surface area contributed by atoms with Crippen molar-refractivity contribution in [2.75, 3.05) is 5.32 Å². The molecule has 0 radical (unpaired) electrons. The van der Waals surface area contributed by atoms with Gasteiger partial charge >= 0.3 is 0 Å². The van der Waals surface area contributed by atoms with Crippen LogP contribution in [0, 0.1) is 5.92 Å². The van der Waals surface area contributed by atoms with E-state index < -0.39 is 6.04 Å². The lowest BCUT2D eigenvalue weighted by atomic mass is 10.0. The van der Waals surface area contributed by atoms with Gasteiger partial charge in [-0.2, -0.15) is 0 Å². The van der Waals surface area contributed by atoms with Crippen LogP contribution in [0.2, 0.25) is 0 Å². The third kappa shape index (κ3) is 4.95. The van der Waals surface area contributed by atoms with E-state index in [2.05, 4.69) is 16.0 Å². The van der Waals surface area contributed by atoms with Crippen LogP contribution in [0.4, 0.5) is 5.00 Å². The van der Waals surface area contributed by atoms with Crippen LogP contribution in [-0.4, -0.2) is 29.8 Å². The molecule has 1 unspecified atom stereocenters. The minimum atomic E-state index is -0.709. The van der Waals surface area contributed by atoms with Gasteiger partial charge in [0.2, 0.25) is 5.91 Å². The van der Waals surface area contributed by atoms with Gasteiger partial charge in [-0.05, 0) is 42.3 Å². The van der Waals surface area contributed by atoms with Crippen LogP contribution < -0.4 is 16.0 Å². The predicted octanol–water partition coefficient (Wildman–Crippen LogP) is 3.03. The van der Waals surface area contributed by atoms with Crippen LogP contribution >= 0.6 is 11.3 Å². The quantitative estimate of drug-likeness (QED) is 0.685. The summed E-state index contributed by atoms with van der Waals surface area (Å²) in [5.74, 6) is -0.927. The summed E-state index contributed by atoms with van der Waals surface area (Å²) in [5.41, 5.74) is 0.953. The van der Waals surface area contributed by atoms with E-state index in [4.69, 9.17) is 0 Å². The second kappa shape index (κ2) is 8.35. The summed E-state index contributed by atoms with van der Waals surface area (Å²) in [6, 6.07) is 10.0. The fraction of sp³-hybridized carbons (Fsp3) is 0.350. The molecule has 3 amide bonds. The minimum absolute atomic E-state index is 0.110. The molecule has 1 saturated carbocycles. The monoisotopic (exact) mass is 385 g/mol. The van der Waals surface area contributed by atoms with Crippen LogP contribution in [0.15, 0.2) is 41.8 Å². The minimum Gasteiger partial charge on any atom is -0.349 e. The lowest BCUT2D eigenvalue weighted by molar-refractivity contribution is -0.118. The molecule has 1 aromatic heterocycles. The lowest BCUT2D eigenvalue weighted by Gasteiger charge is -2.21. The largest absolute Gasteiger partial charge is 0.349 e. The van der Waals surface area contributed by atoms with E-state index >= 15 is 0 Å². The molecular formula is C20H23N3O3S. The first-order chi connectivity index (χ1) is 13.0. The SMILES string of the molecule is CC(C)C(NC(=O)c1ccccc1)C(=O)Nc1sccc1C(=O)NC1CC1. The molecule has 7 heteroatoms. The Bertz CT molecular complexity index is 828. The number of anilines is 1. The summed E-state index contributed by atoms with van der Waals surface area (Å²) in [4.78, 5) is 37.5. The van der Waals surface area contributed by atoms with Crippen molar-refractivity contribution in [3.05, 3.63) is 52.9 Å². The van der Waals surface area contributed by atoms with Crippen molar-refractivity contribution in [1.29, 1.82) is 0 Å². The number of thiophene rings is 1. The highest BCUT2D eigenvalue weighted by molar-refractivity contribution is 7.14. The molecule has 27 heavy (non-hydrogen) atoms. The highest BCUT2D eigenvalue weighted by Crippen LogP contribution is 2.26. The van der Waals surface area contributed by atoms with Crippen molar-refractivity contribution in [1.82, 2.24) is 10.6 Å². The van der Waals surface area contributed by atoms with E-state index in [1.807, 2.05) is 19.9 Å². The van der Waals surface area contributed by atoms with Gasteiger partial charge < -0.3 is 16.0 Å². The van der Waals surface area contributed by atoms with Gasteiger partial charge in [-0.25, -0.2) is 0 Å². The van der Waals surface area contributed by atoms with Crippen molar-refractivity contribution >= 4 is 34.1 Å². The third-order valence-corrected chi connectivity index (χ3v) is 5.16. The van der Waals surface area contributed by atoms with E-state index in [1.165, 1.54) is 11.3 Å². The smallest absolute Gasteiger partial charge is 0.254 e. The van der Waals surface area contributed by atoms with E-state index in [1.54, 1.807) is 35.7 Å². The molecule has 6 nitrogen and oxygen atoms in total. The number of nitrogens with one attached hydrogen (secondary N) is 3. The highest BCUT2D eigenvalue weighted by atomic mass is 32.1.